The molecule has 8 nitrogen and oxygen atoms in total. The van der Waals surface area contributed by atoms with Crippen molar-refractivity contribution in [2.45, 2.75) is 13.8 Å². The Morgan fingerprint density at radius 3 is 2.54 bits per heavy atom. The van der Waals surface area contributed by atoms with Gasteiger partial charge >= 0.3 is 0 Å². The molecule has 180 valence electrons. The van der Waals surface area contributed by atoms with Gasteiger partial charge in [0.1, 0.15) is 17.1 Å². The van der Waals surface area contributed by atoms with Gasteiger partial charge in [0.05, 0.1) is 17.1 Å². The number of halogens is 2. The van der Waals surface area contributed by atoms with Crippen molar-refractivity contribution in [3.63, 3.8) is 0 Å². The second kappa shape index (κ2) is 9.80. The van der Waals surface area contributed by atoms with Crippen molar-refractivity contribution < 1.29 is 18.3 Å². The van der Waals surface area contributed by atoms with Gasteiger partial charge in [-0.2, -0.15) is 0 Å². The molecule has 0 aliphatic carbocycles. The third-order valence-corrected chi connectivity index (χ3v) is 5.37. The summed E-state index contributed by atoms with van der Waals surface area (Å²) < 4.78 is 37.8. The van der Waals surface area contributed by atoms with E-state index in [4.69, 9.17) is 4.74 Å². The number of anilines is 2. The molecule has 2 N–H and O–H groups in total. The summed E-state index contributed by atoms with van der Waals surface area (Å²) in [5, 5.41) is 5.30. The minimum Gasteiger partial charge on any atom is -0.454 e. The summed E-state index contributed by atoms with van der Waals surface area (Å²) in [6.45, 7) is 4.12. The fraction of sp³-hybridized carbons (Fsp3) is 0.160. The number of hydrogen-bond acceptors (Lipinski definition) is 5. The number of nitrogens with one attached hydrogen (secondary N) is 2. The lowest BCUT2D eigenvalue weighted by Crippen LogP contribution is -2.25. The third kappa shape index (κ3) is 4.77. The number of pyridine rings is 1. The monoisotopic (exact) mass is 479 g/mol. The van der Waals surface area contributed by atoms with Crippen molar-refractivity contribution >= 4 is 17.4 Å². The minimum atomic E-state index is -0.923. The van der Waals surface area contributed by atoms with Crippen LogP contribution in [0.4, 0.5) is 20.3 Å². The zero-order chi connectivity index (χ0) is 25.1. The molecule has 0 fully saturated rings. The SMILES string of the molecule is CCNc1cc(Oc2cc(F)c(NC(=O)c3c(C)n(C)n(-c4ccccc4)c3=O)cc2F)ccn1. The molecule has 0 aliphatic rings. The van der Waals surface area contributed by atoms with E-state index in [2.05, 4.69) is 15.6 Å². The van der Waals surface area contributed by atoms with E-state index in [0.29, 0.717) is 23.7 Å². The van der Waals surface area contributed by atoms with Crippen LogP contribution in [0.2, 0.25) is 0 Å². The van der Waals surface area contributed by atoms with Crippen molar-refractivity contribution in [3.05, 3.63) is 94.0 Å². The zero-order valence-electron chi connectivity index (χ0n) is 19.3. The Labute approximate surface area is 199 Å². The van der Waals surface area contributed by atoms with Crippen LogP contribution in [0.25, 0.3) is 5.69 Å². The predicted molar refractivity (Wildman–Crippen MR) is 129 cm³/mol. The maximum absolute atomic E-state index is 14.8. The van der Waals surface area contributed by atoms with Crippen molar-refractivity contribution in [2.75, 3.05) is 17.2 Å². The number of aromatic nitrogens is 3. The molecule has 35 heavy (non-hydrogen) atoms. The maximum Gasteiger partial charge on any atom is 0.284 e. The highest BCUT2D eigenvalue weighted by Gasteiger charge is 2.24. The largest absolute Gasteiger partial charge is 0.454 e. The Kier molecular flexibility index (Phi) is 6.63. The molecule has 10 heteroatoms. The van der Waals surface area contributed by atoms with Gasteiger partial charge in [-0.1, -0.05) is 18.2 Å². The van der Waals surface area contributed by atoms with E-state index < -0.39 is 28.8 Å². The third-order valence-electron chi connectivity index (χ3n) is 5.37. The van der Waals surface area contributed by atoms with Gasteiger partial charge in [-0.3, -0.25) is 14.3 Å². The fourth-order valence-corrected chi connectivity index (χ4v) is 3.60. The second-order valence-corrected chi connectivity index (χ2v) is 7.66. The van der Waals surface area contributed by atoms with Gasteiger partial charge in [0, 0.05) is 38.0 Å². The highest BCUT2D eigenvalue weighted by molar-refractivity contribution is 6.05. The molecule has 0 spiro atoms. The molecule has 0 saturated carbocycles. The average Bonchev–Trinajstić information content (AvgIpc) is 3.06. The lowest BCUT2D eigenvalue weighted by Gasteiger charge is -2.11. The number of para-hydroxylation sites is 1. The molecule has 1 amide bonds. The molecule has 0 saturated heterocycles. The first-order chi connectivity index (χ1) is 16.8. The number of nitrogens with zero attached hydrogens (tertiary/aromatic N) is 3. The first-order valence-electron chi connectivity index (χ1n) is 10.8. The highest BCUT2D eigenvalue weighted by atomic mass is 19.1. The molecule has 4 aromatic rings. The first kappa shape index (κ1) is 23.7. The molecular formula is C25H23F2N5O3. The predicted octanol–water partition coefficient (Wildman–Crippen LogP) is 4.63. The molecule has 0 atom stereocenters. The Morgan fingerprint density at radius 1 is 1.09 bits per heavy atom. The summed E-state index contributed by atoms with van der Waals surface area (Å²) in [7, 11) is 1.63. The van der Waals surface area contributed by atoms with E-state index in [9.17, 15) is 18.4 Å². The van der Waals surface area contributed by atoms with Gasteiger partial charge < -0.3 is 15.4 Å². The van der Waals surface area contributed by atoms with E-state index in [1.165, 1.54) is 21.6 Å². The van der Waals surface area contributed by atoms with Crippen LogP contribution in [0.3, 0.4) is 0 Å². The van der Waals surface area contributed by atoms with Crippen molar-refractivity contribution in [1.82, 2.24) is 14.3 Å². The van der Waals surface area contributed by atoms with Gasteiger partial charge in [-0.25, -0.2) is 18.4 Å². The lowest BCUT2D eigenvalue weighted by atomic mass is 10.2. The van der Waals surface area contributed by atoms with Crippen molar-refractivity contribution in [3.8, 4) is 17.2 Å². The van der Waals surface area contributed by atoms with Gasteiger partial charge in [0.15, 0.2) is 17.4 Å². The standard InChI is InChI=1S/C25H23F2N5O3/c1-4-28-22-12-17(10-11-29-22)35-21-14-18(26)20(13-19(21)27)30-24(33)23-15(2)31(3)32(25(23)34)16-8-6-5-7-9-16/h5-14H,4H2,1-3H3,(H,28,29)(H,30,33). The lowest BCUT2D eigenvalue weighted by molar-refractivity contribution is 0.102. The van der Waals surface area contributed by atoms with Gasteiger partial charge in [-0.15, -0.1) is 0 Å². The average molecular weight is 479 g/mol. The minimum absolute atomic E-state index is 0.177. The summed E-state index contributed by atoms with van der Waals surface area (Å²) in [4.78, 5) is 30.0. The van der Waals surface area contributed by atoms with Crippen molar-refractivity contribution in [2.24, 2.45) is 7.05 Å². The molecule has 2 heterocycles. The van der Waals surface area contributed by atoms with Crippen LogP contribution in [-0.2, 0) is 7.05 Å². The highest BCUT2D eigenvalue weighted by Crippen LogP contribution is 2.30. The number of carbonyl (C=O) groups is 1. The van der Waals surface area contributed by atoms with E-state index in [1.54, 1.807) is 50.4 Å². The normalized spacial score (nSPS) is 10.8. The number of carbonyl (C=O) groups excluding carboxylic acids is 1. The summed E-state index contributed by atoms with van der Waals surface area (Å²) in [6.07, 6.45) is 1.47. The van der Waals surface area contributed by atoms with E-state index in [1.807, 2.05) is 6.92 Å². The maximum atomic E-state index is 14.8. The Bertz CT molecular complexity index is 1450. The number of ether oxygens (including phenoxy) is 1. The molecule has 4 rings (SSSR count). The number of amides is 1. The van der Waals surface area contributed by atoms with E-state index >= 15 is 0 Å². The van der Waals surface area contributed by atoms with Crippen LogP contribution < -0.4 is 20.9 Å². The molecule has 0 aliphatic heterocycles. The van der Waals surface area contributed by atoms with Gasteiger partial charge in [0.2, 0.25) is 0 Å². The van der Waals surface area contributed by atoms with Gasteiger partial charge in [-0.05, 0) is 32.0 Å². The quantitative estimate of drug-likeness (QED) is 0.403. The van der Waals surface area contributed by atoms with Crippen LogP contribution in [0.5, 0.6) is 11.5 Å². The Morgan fingerprint density at radius 2 is 1.83 bits per heavy atom. The summed E-state index contributed by atoms with van der Waals surface area (Å²) >= 11 is 0. The van der Waals surface area contributed by atoms with E-state index in [0.717, 1.165) is 12.1 Å². The summed E-state index contributed by atoms with van der Waals surface area (Å²) in [5.41, 5.74) is -0.245. The Hall–Kier alpha value is -4.47. The molecule has 0 unspecified atom stereocenters. The van der Waals surface area contributed by atoms with E-state index in [-0.39, 0.29) is 17.1 Å². The smallest absolute Gasteiger partial charge is 0.284 e. The fourth-order valence-electron chi connectivity index (χ4n) is 3.60. The van der Waals surface area contributed by atoms with Crippen LogP contribution in [0, 0.1) is 18.6 Å². The van der Waals surface area contributed by atoms with Crippen molar-refractivity contribution in [1.29, 1.82) is 0 Å². The molecule has 2 aromatic carbocycles. The van der Waals surface area contributed by atoms with Crippen LogP contribution in [0.15, 0.2) is 65.6 Å². The molecule has 2 aromatic heterocycles. The van der Waals surface area contributed by atoms with Crippen LogP contribution in [-0.4, -0.2) is 26.8 Å². The summed E-state index contributed by atoms with van der Waals surface area (Å²) in [5.74, 6) is -2.25. The topological polar surface area (TPSA) is 90.2 Å². The number of benzene rings is 2. The molecule has 0 bridgehead atoms. The second-order valence-electron chi connectivity index (χ2n) is 7.66. The van der Waals surface area contributed by atoms with Crippen LogP contribution >= 0.6 is 0 Å². The van der Waals surface area contributed by atoms with Crippen LogP contribution in [0.1, 0.15) is 23.0 Å². The Balaban J connectivity index is 1.60. The first-order valence-corrected chi connectivity index (χ1v) is 10.8. The molecular weight excluding hydrogens is 456 g/mol. The molecule has 0 radical (unpaired) electrons. The van der Waals surface area contributed by atoms with Gasteiger partial charge in [0.25, 0.3) is 11.5 Å². The number of rotatable bonds is 7. The summed E-state index contributed by atoms with van der Waals surface area (Å²) in [6, 6.07) is 13.5. The number of hydrogen-bond donors (Lipinski definition) is 2. The zero-order valence-corrected chi connectivity index (χ0v) is 19.3.